The Bertz CT molecular complexity index is 1010. The molecule has 1 saturated heterocycles. The van der Waals surface area contributed by atoms with Crippen LogP contribution in [0, 0.1) is 5.82 Å². The number of amides is 3. The number of methoxy groups -OCH3 is 1. The molecule has 0 aliphatic carbocycles. The number of halogens is 1. The minimum absolute atomic E-state index is 0.0440. The first-order chi connectivity index (χ1) is 14.4. The number of nitrogens with zero attached hydrogens (tertiary/aromatic N) is 1. The SMILES string of the molecule is COc1cc(SC)ccc1C(=O)NCCN1C(=O)SC(=Cc2ccc(F)cc2)C1=O. The van der Waals surface area contributed by atoms with E-state index in [-0.39, 0.29) is 29.7 Å². The molecular weight excluding hydrogens is 427 g/mol. The van der Waals surface area contributed by atoms with Crippen molar-refractivity contribution in [1.82, 2.24) is 10.2 Å². The number of ether oxygens (including phenoxy) is 1. The smallest absolute Gasteiger partial charge is 0.293 e. The molecule has 1 heterocycles. The van der Waals surface area contributed by atoms with Crippen LogP contribution in [0.2, 0.25) is 0 Å². The molecule has 0 atom stereocenters. The van der Waals surface area contributed by atoms with Crippen molar-refractivity contribution in [3.63, 3.8) is 0 Å². The van der Waals surface area contributed by atoms with Crippen LogP contribution in [0.4, 0.5) is 9.18 Å². The standard InChI is InChI=1S/C21H19FN2O4S2/c1-28-17-12-15(29-2)7-8-16(17)19(25)23-9-10-24-20(26)18(30-21(24)27)11-13-3-5-14(22)6-4-13/h3-8,11-12H,9-10H2,1-2H3,(H,23,25). The molecule has 2 aromatic rings. The van der Waals surface area contributed by atoms with Crippen LogP contribution in [-0.4, -0.2) is 48.4 Å². The molecule has 0 unspecified atom stereocenters. The summed E-state index contributed by atoms with van der Waals surface area (Å²) in [5.74, 6) is -0.720. The van der Waals surface area contributed by atoms with Gasteiger partial charge in [-0.15, -0.1) is 11.8 Å². The largest absolute Gasteiger partial charge is 0.496 e. The molecule has 0 saturated carbocycles. The van der Waals surface area contributed by atoms with E-state index in [4.69, 9.17) is 4.74 Å². The van der Waals surface area contributed by atoms with Crippen LogP contribution in [0.15, 0.2) is 52.3 Å². The van der Waals surface area contributed by atoms with Crippen LogP contribution >= 0.6 is 23.5 Å². The van der Waals surface area contributed by atoms with Gasteiger partial charge >= 0.3 is 0 Å². The molecule has 6 nitrogen and oxygen atoms in total. The van der Waals surface area contributed by atoms with E-state index in [1.54, 1.807) is 18.2 Å². The van der Waals surface area contributed by atoms with Gasteiger partial charge in [-0.2, -0.15) is 0 Å². The lowest BCUT2D eigenvalue weighted by molar-refractivity contribution is -0.122. The van der Waals surface area contributed by atoms with Crippen LogP contribution < -0.4 is 10.1 Å². The third-order valence-corrected chi connectivity index (χ3v) is 5.95. The molecule has 156 valence electrons. The minimum Gasteiger partial charge on any atom is -0.496 e. The van der Waals surface area contributed by atoms with Gasteiger partial charge < -0.3 is 10.1 Å². The highest BCUT2D eigenvalue weighted by molar-refractivity contribution is 8.18. The Hall–Kier alpha value is -2.78. The summed E-state index contributed by atoms with van der Waals surface area (Å²) in [6.07, 6.45) is 3.47. The summed E-state index contributed by atoms with van der Waals surface area (Å²) in [6, 6.07) is 10.9. The summed E-state index contributed by atoms with van der Waals surface area (Å²) in [5.41, 5.74) is 0.997. The van der Waals surface area contributed by atoms with E-state index in [1.165, 1.54) is 43.1 Å². The van der Waals surface area contributed by atoms with E-state index in [0.717, 1.165) is 21.6 Å². The van der Waals surface area contributed by atoms with E-state index in [1.807, 2.05) is 12.3 Å². The number of rotatable bonds is 7. The van der Waals surface area contributed by atoms with Gasteiger partial charge in [-0.1, -0.05) is 12.1 Å². The Morgan fingerprint density at radius 2 is 1.97 bits per heavy atom. The molecule has 0 bridgehead atoms. The van der Waals surface area contributed by atoms with E-state index < -0.39 is 11.1 Å². The van der Waals surface area contributed by atoms with E-state index in [9.17, 15) is 18.8 Å². The maximum absolute atomic E-state index is 13.0. The molecule has 1 N–H and O–H groups in total. The molecule has 3 rings (SSSR count). The Balaban J connectivity index is 1.61. The molecule has 2 aromatic carbocycles. The van der Waals surface area contributed by atoms with Crippen LogP contribution in [0.3, 0.4) is 0 Å². The van der Waals surface area contributed by atoms with Crippen molar-refractivity contribution in [3.05, 3.63) is 64.3 Å². The van der Waals surface area contributed by atoms with Gasteiger partial charge in [-0.25, -0.2) is 4.39 Å². The number of carbonyl (C=O) groups is 3. The van der Waals surface area contributed by atoms with Crippen molar-refractivity contribution in [2.75, 3.05) is 26.5 Å². The number of imide groups is 1. The maximum Gasteiger partial charge on any atom is 0.293 e. The third-order valence-electron chi connectivity index (χ3n) is 4.32. The average molecular weight is 447 g/mol. The van der Waals surface area contributed by atoms with E-state index in [0.29, 0.717) is 16.9 Å². The molecule has 0 spiro atoms. The summed E-state index contributed by atoms with van der Waals surface area (Å²) in [7, 11) is 1.49. The quantitative estimate of drug-likeness (QED) is 0.511. The van der Waals surface area contributed by atoms with Gasteiger partial charge in [-0.3, -0.25) is 19.3 Å². The van der Waals surface area contributed by atoms with Crippen molar-refractivity contribution in [2.24, 2.45) is 0 Å². The second-order valence-electron chi connectivity index (χ2n) is 6.21. The number of benzene rings is 2. The number of hydrogen-bond donors (Lipinski definition) is 1. The second kappa shape index (κ2) is 9.82. The van der Waals surface area contributed by atoms with Crippen molar-refractivity contribution in [2.45, 2.75) is 4.90 Å². The van der Waals surface area contributed by atoms with Gasteiger partial charge in [0.25, 0.3) is 17.1 Å². The molecule has 9 heteroatoms. The Labute approximate surface area is 181 Å². The summed E-state index contributed by atoms with van der Waals surface area (Å²) < 4.78 is 18.3. The fourth-order valence-corrected chi connectivity index (χ4v) is 4.06. The van der Waals surface area contributed by atoms with Gasteiger partial charge in [0.15, 0.2) is 0 Å². The molecule has 0 aromatic heterocycles. The number of carbonyl (C=O) groups excluding carboxylic acids is 3. The highest BCUT2D eigenvalue weighted by atomic mass is 32.2. The molecule has 1 aliphatic heterocycles. The average Bonchev–Trinajstić information content (AvgIpc) is 3.02. The van der Waals surface area contributed by atoms with Crippen LogP contribution in [0.25, 0.3) is 6.08 Å². The molecule has 1 fully saturated rings. The van der Waals surface area contributed by atoms with E-state index in [2.05, 4.69) is 5.32 Å². The first kappa shape index (κ1) is 21.9. The lowest BCUT2D eigenvalue weighted by Gasteiger charge is -2.14. The molecule has 0 radical (unpaired) electrons. The molecule has 1 aliphatic rings. The number of hydrogen-bond acceptors (Lipinski definition) is 6. The lowest BCUT2D eigenvalue weighted by Crippen LogP contribution is -2.37. The Morgan fingerprint density at radius 3 is 2.63 bits per heavy atom. The van der Waals surface area contributed by atoms with Gasteiger partial charge in [0.2, 0.25) is 0 Å². The second-order valence-corrected chi connectivity index (χ2v) is 8.08. The zero-order valence-electron chi connectivity index (χ0n) is 16.3. The predicted octanol–water partition coefficient (Wildman–Crippen LogP) is 4.02. The van der Waals surface area contributed by atoms with Crippen molar-refractivity contribution in [1.29, 1.82) is 0 Å². The first-order valence-electron chi connectivity index (χ1n) is 8.94. The zero-order valence-corrected chi connectivity index (χ0v) is 17.9. The van der Waals surface area contributed by atoms with Gasteiger partial charge in [0.1, 0.15) is 11.6 Å². The maximum atomic E-state index is 13.0. The van der Waals surface area contributed by atoms with E-state index >= 15 is 0 Å². The first-order valence-corrected chi connectivity index (χ1v) is 11.0. The van der Waals surface area contributed by atoms with Gasteiger partial charge in [-0.05, 0) is 60.0 Å². The van der Waals surface area contributed by atoms with Crippen molar-refractivity contribution in [3.8, 4) is 5.75 Å². The number of nitrogens with one attached hydrogen (secondary N) is 1. The number of thioether (sulfide) groups is 2. The van der Waals surface area contributed by atoms with Crippen LogP contribution in [0.5, 0.6) is 5.75 Å². The zero-order chi connectivity index (χ0) is 21.7. The summed E-state index contributed by atoms with van der Waals surface area (Å²) in [4.78, 5) is 39.5. The van der Waals surface area contributed by atoms with Crippen LogP contribution in [-0.2, 0) is 4.79 Å². The predicted molar refractivity (Wildman–Crippen MR) is 116 cm³/mol. The molecule has 3 amide bonds. The lowest BCUT2D eigenvalue weighted by atomic mass is 10.2. The Morgan fingerprint density at radius 1 is 1.23 bits per heavy atom. The highest BCUT2D eigenvalue weighted by Crippen LogP contribution is 2.32. The molecule has 30 heavy (non-hydrogen) atoms. The van der Waals surface area contributed by atoms with Crippen molar-refractivity contribution >= 4 is 46.7 Å². The fraction of sp³-hybridized carbons (Fsp3) is 0.190. The molecular formula is C21H19FN2O4S2. The summed E-state index contributed by atoms with van der Waals surface area (Å²) >= 11 is 2.35. The topological polar surface area (TPSA) is 75.7 Å². The van der Waals surface area contributed by atoms with Crippen LogP contribution in [0.1, 0.15) is 15.9 Å². The summed E-state index contributed by atoms with van der Waals surface area (Å²) in [5, 5.41) is 2.30. The summed E-state index contributed by atoms with van der Waals surface area (Å²) in [6.45, 7) is 0.149. The van der Waals surface area contributed by atoms with Crippen molar-refractivity contribution < 1.29 is 23.5 Å². The minimum atomic E-state index is -0.439. The highest BCUT2D eigenvalue weighted by Gasteiger charge is 2.34. The monoisotopic (exact) mass is 446 g/mol. The van der Waals surface area contributed by atoms with Gasteiger partial charge in [0.05, 0.1) is 17.6 Å². The third kappa shape index (κ3) is 5.03. The van der Waals surface area contributed by atoms with Gasteiger partial charge in [0, 0.05) is 18.0 Å². The fourth-order valence-electron chi connectivity index (χ4n) is 2.77. The normalized spacial score (nSPS) is 15.0. The Kier molecular flexibility index (Phi) is 7.17.